The van der Waals surface area contributed by atoms with Gasteiger partial charge < -0.3 is 14.8 Å². The number of hydrogen-bond acceptors (Lipinski definition) is 8. The summed E-state index contributed by atoms with van der Waals surface area (Å²) in [7, 11) is 3.03. The molecular formula is C18H16N4O5S. The molecule has 0 saturated carbocycles. The Hall–Kier alpha value is -3.53. The Balaban J connectivity index is 1.68. The maximum absolute atomic E-state index is 12.3. The monoisotopic (exact) mass is 400 g/mol. The van der Waals surface area contributed by atoms with E-state index in [0.29, 0.717) is 35.3 Å². The Bertz CT molecular complexity index is 981. The first-order chi connectivity index (χ1) is 13.5. The van der Waals surface area contributed by atoms with Gasteiger partial charge in [0.25, 0.3) is 11.6 Å². The third-order valence-electron chi connectivity index (χ3n) is 3.73. The van der Waals surface area contributed by atoms with Gasteiger partial charge in [-0.1, -0.05) is 0 Å². The molecule has 0 spiro atoms. The van der Waals surface area contributed by atoms with Crippen molar-refractivity contribution in [3.8, 4) is 11.8 Å². The molecule has 0 fully saturated rings. The number of benzene rings is 1. The number of carbonyl (C=O) groups is 1. The van der Waals surface area contributed by atoms with Gasteiger partial charge in [-0.2, -0.15) is 9.97 Å². The number of aromatic nitrogens is 2. The minimum absolute atomic E-state index is 0.0666. The molecule has 0 unspecified atom stereocenters. The van der Waals surface area contributed by atoms with E-state index < -0.39 is 4.92 Å². The van der Waals surface area contributed by atoms with Crippen molar-refractivity contribution in [1.82, 2.24) is 9.97 Å². The number of methoxy groups -OCH3 is 2. The fourth-order valence-electron chi connectivity index (χ4n) is 2.37. The summed E-state index contributed by atoms with van der Waals surface area (Å²) in [5.41, 5.74) is 0.889. The molecule has 0 aliphatic carbocycles. The van der Waals surface area contributed by atoms with Crippen LogP contribution in [-0.4, -0.2) is 35.0 Å². The summed E-state index contributed by atoms with van der Waals surface area (Å²) < 4.78 is 10.3. The van der Waals surface area contributed by atoms with Gasteiger partial charge in [0.05, 0.1) is 30.9 Å². The van der Waals surface area contributed by atoms with Crippen LogP contribution < -0.4 is 14.8 Å². The molecule has 2 aromatic heterocycles. The third kappa shape index (κ3) is 4.60. The molecule has 0 atom stereocenters. The second kappa shape index (κ2) is 8.44. The van der Waals surface area contributed by atoms with E-state index >= 15 is 0 Å². The lowest BCUT2D eigenvalue weighted by molar-refractivity contribution is -0.384. The van der Waals surface area contributed by atoms with Crippen LogP contribution in [0.15, 0.2) is 41.8 Å². The van der Waals surface area contributed by atoms with Gasteiger partial charge in [0.15, 0.2) is 0 Å². The molecule has 3 rings (SSSR count). The molecule has 0 bridgehead atoms. The number of nitro groups is 1. The van der Waals surface area contributed by atoms with Crippen LogP contribution in [0.5, 0.6) is 11.8 Å². The normalized spacial score (nSPS) is 10.4. The minimum Gasteiger partial charge on any atom is -0.481 e. The summed E-state index contributed by atoms with van der Waals surface area (Å²) in [5.74, 6) is 1.00. The number of hydrogen-bond donors (Lipinski definition) is 1. The molecule has 0 aliphatic heterocycles. The molecule has 1 amide bonds. The summed E-state index contributed by atoms with van der Waals surface area (Å²) in [5, 5.41) is 15.3. The third-order valence-corrected chi connectivity index (χ3v) is 4.66. The number of thiophene rings is 1. The quantitative estimate of drug-likeness (QED) is 0.478. The summed E-state index contributed by atoms with van der Waals surface area (Å²) in [6.45, 7) is 0. The Morgan fingerprint density at radius 2 is 1.79 bits per heavy atom. The van der Waals surface area contributed by atoms with Crippen molar-refractivity contribution in [2.24, 2.45) is 0 Å². The lowest BCUT2D eigenvalue weighted by Gasteiger charge is -2.05. The Morgan fingerprint density at radius 1 is 1.14 bits per heavy atom. The highest BCUT2D eigenvalue weighted by Gasteiger charge is 2.12. The van der Waals surface area contributed by atoms with Crippen LogP contribution in [0.25, 0.3) is 0 Å². The van der Waals surface area contributed by atoms with Crippen molar-refractivity contribution in [2.75, 3.05) is 19.5 Å². The molecule has 144 valence electrons. The highest BCUT2D eigenvalue weighted by molar-refractivity contribution is 7.10. The molecule has 1 N–H and O–H groups in total. The van der Waals surface area contributed by atoms with Crippen molar-refractivity contribution in [1.29, 1.82) is 0 Å². The smallest absolute Gasteiger partial charge is 0.269 e. The molecule has 28 heavy (non-hydrogen) atoms. The zero-order chi connectivity index (χ0) is 20.1. The molecule has 2 heterocycles. The summed E-state index contributed by atoms with van der Waals surface area (Å²) in [4.78, 5) is 32.0. The predicted octanol–water partition coefficient (Wildman–Crippen LogP) is 3.31. The second-order valence-electron chi connectivity index (χ2n) is 5.61. The summed E-state index contributed by atoms with van der Waals surface area (Å²) >= 11 is 1.45. The molecule has 0 aliphatic rings. The fourth-order valence-corrected chi connectivity index (χ4v) is 3.18. The van der Waals surface area contributed by atoms with Crippen LogP contribution in [0, 0.1) is 10.1 Å². The van der Waals surface area contributed by atoms with Crippen LogP contribution >= 0.6 is 11.3 Å². The number of rotatable bonds is 7. The summed E-state index contributed by atoms with van der Waals surface area (Å²) in [6, 6.07) is 8.83. The Labute approximate surface area is 164 Å². The maximum atomic E-state index is 12.3. The zero-order valence-electron chi connectivity index (χ0n) is 15.0. The van der Waals surface area contributed by atoms with Gasteiger partial charge in [0, 0.05) is 34.4 Å². The Kier molecular flexibility index (Phi) is 5.80. The molecule has 10 heteroatoms. The standard InChI is InChI=1S/C18H16N4O5S/c1-26-16-9-17(27-2)21-15(20-16)8-14-7-12(10-28-14)19-18(23)11-3-5-13(6-4-11)22(24)25/h3-7,9-10H,8H2,1-2H3,(H,19,23). The zero-order valence-corrected chi connectivity index (χ0v) is 15.9. The van der Waals surface area contributed by atoms with Gasteiger partial charge in [-0.3, -0.25) is 14.9 Å². The highest BCUT2D eigenvalue weighted by Crippen LogP contribution is 2.24. The lowest BCUT2D eigenvalue weighted by atomic mass is 10.2. The van der Waals surface area contributed by atoms with E-state index in [1.165, 1.54) is 49.8 Å². The van der Waals surface area contributed by atoms with Gasteiger partial charge >= 0.3 is 0 Å². The van der Waals surface area contributed by atoms with E-state index in [2.05, 4.69) is 15.3 Å². The van der Waals surface area contributed by atoms with Crippen molar-refractivity contribution < 1.29 is 19.2 Å². The minimum atomic E-state index is -0.511. The number of ether oxygens (including phenoxy) is 2. The van der Waals surface area contributed by atoms with Crippen molar-refractivity contribution in [3.63, 3.8) is 0 Å². The molecular weight excluding hydrogens is 384 g/mol. The highest BCUT2D eigenvalue weighted by atomic mass is 32.1. The largest absolute Gasteiger partial charge is 0.481 e. The van der Waals surface area contributed by atoms with Crippen LogP contribution in [0.4, 0.5) is 11.4 Å². The van der Waals surface area contributed by atoms with Crippen molar-refractivity contribution in [2.45, 2.75) is 6.42 Å². The van der Waals surface area contributed by atoms with Gasteiger partial charge in [-0.15, -0.1) is 11.3 Å². The second-order valence-corrected chi connectivity index (χ2v) is 6.60. The number of nitrogens with zero attached hydrogens (tertiary/aromatic N) is 3. The topological polar surface area (TPSA) is 116 Å². The van der Waals surface area contributed by atoms with E-state index in [4.69, 9.17) is 9.47 Å². The number of non-ortho nitro benzene ring substituents is 1. The van der Waals surface area contributed by atoms with E-state index in [0.717, 1.165) is 4.88 Å². The first-order valence-electron chi connectivity index (χ1n) is 8.07. The first kappa shape index (κ1) is 19.2. The van der Waals surface area contributed by atoms with Crippen LogP contribution in [0.1, 0.15) is 21.1 Å². The first-order valence-corrected chi connectivity index (χ1v) is 8.95. The molecule has 0 radical (unpaired) electrons. The van der Waals surface area contributed by atoms with Gasteiger partial charge in [-0.25, -0.2) is 0 Å². The number of carbonyl (C=O) groups excluding carboxylic acids is 1. The average Bonchev–Trinajstić information content (AvgIpc) is 3.14. The van der Waals surface area contributed by atoms with Gasteiger partial charge in [-0.05, 0) is 18.2 Å². The average molecular weight is 400 g/mol. The summed E-state index contributed by atoms with van der Waals surface area (Å²) in [6.07, 6.45) is 0.450. The molecule has 9 nitrogen and oxygen atoms in total. The fraction of sp³-hybridized carbons (Fsp3) is 0.167. The number of nitro benzene ring substituents is 1. The van der Waals surface area contributed by atoms with Crippen molar-refractivity contribution >= 4 is 28.6 Å². The SMILES string of the molecule is COc1cc(OC)nc(Cc2cc(NC(=O)c3ccc([N+](=O)[O-])cc3)cs2)n1. The number of amides is 1. The molecule has 0 saturated heterocycles. The van der Waals surface area contributed by atoms with Gasteiger partial charge in [0.1, 0.15) is 5.82 Å². The van der Waals surface area contributed by atoms with E-state index in [-0.39, 0.29) is 11.6 Å². The lowest BCUT2D eigenvalue weighted by Crippen LogP contribution is -2.11. The Morgan fingerprint density at radius 3 is 2.36 bits per heavy atom. The van der Waals surface area contributed by atoms with Gasteiger partial charge in [0.2, 0.25) is 11.8 Å². The predicted molar refractivity (Wildman–Crippen MR) is 103 cm³/mol. The van der Waals surface area contributed by atoms with Crippen LogP contribution in [0.3, 0.4) is 0 Å². The van der Waals surface area contributed by atoms with E-state index in [1.54, 1.807) is 11.4 Å². The number of nitrogens with one attached hydrogen (secondary N) is 1. The maximum Gasteiger partial charge on any atom is 0.269 e. The number of anilines is 1. The van der Waals surface area contributed by atoms with Crippen LogP contribution in [-0.2, 0) is 6.42 Å². The molecule has 1 aromatic carbocycles. The van der Waals surface area contributed by atoms with Crippen LogP contribution in [0.2, 0.25) is 0 Å². The van der Waals surface area contributed by atoms with Crippen molar-refractivity contribution in [3.05, 3.63) is 68.2 Å². The van der Waals surface area contributed by atoms with E-state index in [1.807, 2.05) is 6.07 Å². The van der Waals surface area contributed by atoms with E-state index in [9.17, 15) is 14.9 Å². The molecule has 3 aromatic rings.